The molecule has 1 aliphatic heterocycles. The lowest BCUT2D eigenvalue weighted by atomic mass is 9.97. The fraction of sp³-hybridized carbons (Fsp3) is 0.455. The van der Waals surface area contributed by atoms with Crippen LogP contribution in [0.25, 0.3) is 0 Å². The topological polar surface area (TPSA) is 58.9 Å². The molecule has 1 aliphatic rings. The van der Waals surface area contributed by atoms with Gasteiger partial charge in [-0.1, -0.05) is 0 Å². The van der Waals surface area contributed by atoms with Crippen LogP contribution in [0.15, 0.2) is 12.1 Å². The van der Waals surface area contributed by atoms with Crippen LogP contribution in [0.1, 0.15) is 25.5 Å². The fourth-order valence-corrected chi connectivity index (χ4v) is 1.75. The second-order valence-corrected chi connectivity index (χ2v) is 4.17. The van der Waals surface area contributed by atoms with Crippen molar-refractivity contribution in [3.05, 3.63) is 17.7 Å². The molecule has 0 amide bonds. The lowest BCUT2D eigenvalue weighted by molar-refractivity contribution is -0.0000700. The van der Waals surface area contributed by atoms with Crippen molar-refractivity contribution in [1.29, 1.82) is 0 Å². The molecule has 2 N–H and O–H groups in total. The van der Waals surface area contributed by atoms with Crippen molar-refractivity contribution in [1.82, 2.24) is 0 Å². The molecule has 0 radical (unpaired) electrons. The lowest BCUT2D eigenvalue weighted by Crippen LogP contribution is -2.29. The fourth-order valence-electron chi connectivity index (χ4n) is 1.75. The maximum absolute atomic E-state index is 9.93. The molecule has 0 saturated heterocycles. The van der Waals surface area contributed by atoms with E-state index in [1.165, 1.54) is 13.2 Å². The number of aromatic hydroxyl groups is 1. The number of phenols is 1. The number of hydrogen-bond donors (Lipinski definition) is 2. The first-order chi connectivity index (χ1) is 6.95. The second kappa shape index (κ2) is 3.03. The number of aliphatic hydroxyl groups is 1. The second-order valence-electron chi connectivity index (χ2n) is 4.17. The van der Waals surface area contributed by atoms with E-state index in [9.17, 15) is 10.2 Å². The van der Waals surface area contributed by atoms with E-state index in [1.54, 1.807) is 19.9 Å². The Morgan fingerprint density at radius 2 is 2.07 bits per heavy atom. The molecule has 0 aliphatic carbocycles. The molecule has 0 bridgehead atoms. The van der Waals surface area contributed by atoms with Crippen LogP contribution in [-0.2, 0) is 0 Å². The summed E-state index contributed by atoms with van der Waals surface area (Å²) in [6, 6.07) is 3.12. The molecule has 4 nitrogen and oxygen atoms in total. The molecule has 0 aromatic heterocycles. The van der Waals surface area contributed by atoms with Crippen LogP contribution in [0.3, 0.4) is 0 Å². The zero-order valence-corrected chi connectivity index (χ0v) is 8.94. The third-order valence-electron chi connectivity index (χ3n) is 2.63. The molecular weight excluding hydrogens is 196 g/mol. The van der Waals surface area contributed by atoms with Gasteiger partial charge in [0.25, 0.3) is 0 Å². The van der Waals surface area contributed by atoms with Gasteiger partial charge in [0, 0.05) is 12.1 Å². The molecule has 0 fully saturated rings. The predicted octanol–water partition coefficient (Wildman–Crippen LogP) is 1.61. The summed E-state index contributed by atoms with van der Waals surface area (Å²) in [5.74, 6) is 0.989. The number of hydrogen-bond acceptors (Lipinski definition) is 4. The van der Waals surface area contributed by atoms with Crippen molar-refractivity contribution >= 4 is 0 Å². The van der Waals surface area contributed by atoms with E-state index in [-0.39, 0.29) is 5.75 Å². The Bertz CT molecular complexity index is 398. The Morgan fingerprint density at radius 1 is 1.40 bits per heavy atom. The quantitative estimate of drug-likeness (QED) is 0.739. The van der Waals surface area contributed by atoms with Gasteiger partial charge in [-0.3, -0.25) is 0 Å². The van der Waals surface area contributed by atoms with Crippen molar-refractivity contribution in [3.63, 3.8) is 0 Å². The van der Waals surface area contributed by atoms with Crippen LogP contribution in [0.4, 0.5) is 0 Å². The number of phenolic OH excluding ortho intramolecular Hbond substituents is 1. The number of methoxy groups -OCH3 is 1. The zero-order chi connectivity index (χ0) is 11.2. The molecule has 1 unspecified atom stereocenters. The average molecular weight is 210 g/mol. The van der Waals surface area contributed by atoms with Gasteiger partial charge in [-0.2, -0.15) is 0 Å². The molecule has 4 heteroatoms. The average Bonchev–Trinajstić information content (AvgIpc) is 2.37. The first-order valence-electron chi connectivity index (χ1n) is 4.73. The first-order valence-corrected chi connectivity index (χ1v) is 4.73. The first kappa shape index (κ1) is 10.1. The summed E-state index contributed by atoms with van der Waals surface area (Å²) >= 11 is 0. The highest BCUT2D eigenvalue weighted by Crippen LogP contribution is 2.48. The van der Waals surface area contributed by atoms with Gasteiger partial charge in [-0.25, -0.2) is 0 Å². The van der Waals surface area contributed by atoms with Gasteiger partial charge in [-0.05, 0) is 13.8 Å². The van der Waals surface area contributed by atoms with Crippen LogP contribution in [0, 0.1) is 0 Å². The summed E-state index contributed by atoms with van der Waals surface area (Å²) < 4.78 is 10.5. The summed E-state index contributed by atoms with van der Waals surface area (Å²) in [6.07, 6.45) is -0.821. The number of benzene rings is 1. The van der Waals surface area contributed by atoms with Crippen molar-refractivity contribution in [2.75, 3.05) is 7.11 Å². The highest BCUT2D eigenvalue weighted by Gasteiger charge is 2.42. The standard InChI is InChI=1S/C11H14O4/c1-11(2)10(13)9-7(12)4-6(14-3)5-8(9)15-11/h4-5,10,12-13H,1-3H3. The van der Waals surface area contributed by atoms with Gasteiger partial charge in [0.05, 0.1) is 12.7 Å². The maximum atomic E-state index is 9.93. The minimum atomic E-state index is -0.821. The third-order valence-corrected chi connectivity index (χ3v) is 2.63. The number of aliphatic hydroxyl groups excluding tert-OH is 1. The molecule has 1 atom stereocenters. The summed E-state index contributed by atoms with van der Waals surface area (Å²) in [6.45, 7) is 3.53. The predicted molar refractivity (Wildman–Crippen MR) is 54.3 cm³/mol. The van der Waals surface area contributed by atoms with Crippen molar-refractivity contribution < 1.29 is 19.7 Å². The molecule has 0 spiro atoms. The Morgan fingerprint density at radius 3 is 2.67 bits per heavy atom. The summed E-state index contributed by atoms with van der Waals surface area (Å²) in [5.41, 5.74) is -0.285. The molecule has 0 saturated carbocycles. The normalized spacial score (nSPS) is 22.0. The van der Waals surface area contributed by atoms with Crippen LogP contribution in [0.5, 0.6) is 17.2 Å². The van der Waals surface area contributed by atoms with E-state index >= 15 is 0 Å². The minimum Gasteiger partial charge on any atom is -0.507 e. The van der Waals surface area contributed by atoms with Crippen LogP contribution in [0.2, 0.25) is 0 Å². The number of fused-ring (bicyclic) bond motifs is 1. The summed E-state index contributed by atoms with van der Waals surface area (Å²) in [5, 5.41) is 19.7. The molecule has 1 aromatic carbocycles. The van der Waals surface area contributed by atoms with Gasteiger partial charge in [-0.15, -0.1) is 0 Å². The molecule has 2 rings (SSSR count). The van der Waals surface area contributed by atoms with Gasteiger partial charge in [0.1, 0.15) is 29.0 Å². The van der Waals surface area contributed by atoms with E-state index in [1.807, 2.05) is 0 Å². The van der Waals surface area contributed by atoms with E-state index in [0.29, 0.717) is 17.1 Å². The largest absolute Gasteiger partial charge is 0.507 e. The molecule has 82 valence electrons. The minimum absolute atomic E-state index is 0.00225. The van der Waals surface area contributed by atoms with E-state index in [4.69, 9.17) is 9.47 Å². The Labute approximate surface area is 88.1 Å². The van der Waals surface area contributed by atoms with Crippen molar-refractivity contribution in [2.24, 2.45) is 0 Å². The van der Waals surface area contributed by atoms with Crippen molar-refractivity contribution in [2.45, 2.75) is 25.6 Å². The van der Waals surface area contributed by atoms with E-state index in [0.717, 1.165) is 0 Å². The molecule has 1 heterocycles. The number of rotatable bonds is 1. The van der Waals surface area contributed by atoms with E-state index in [2.05, 4.69) is 0 Å². The maximum Gasteiger partial charge on any atom is 0.134 e. The monoisotopic (exact) mass is 210 g/mol. The van der Waals surface area contributed by atoms with Gasteiger partial charge in [0.15, 0.2) is 0 Å². The molecular formula is C11H14O4. The highest BCUT2D eigenvalue weighted by atomic mass is 16.5. The van der Waals surface area contributed by atoms with Gasteiger partial charge in [0.2, 0.25) is 0 Å². The van der Waals surface area contributed by atoms with Crippen molar-refractivity contribution in [3.8, 4) is 17.2 Å². The SMILES string of the molecule is COc1cc(O)c2c(c1)OC(C)(C)C2O. The Balaban J connectivity index is 2.55. The van der Waals surface area contributed by atoms with Crippen LogP contribution >= 0.6 is 0 Å². The van der Waals surface area contributed by atoms with Crippen LogP contribution in [-0.4, -0.2) is 22.9 Å². The Hall–Kier alpha value is -1.42. The number of ether oxygens (including phenoxy) is 2. The van der Waals surface area contributed by atoms with Gasteiger partial charge < -0.3 is 19.7 Å². The highest BCUT2D eigenvalue weighted by molar-refractivity contribution is 5.54. The summed E-state index contributed by atoms with van der Waals surface area (Å²) in [4.78, 5) is 0. The third kappa shape index (κ3) is 1.41. The van der Waals surface area contributed by atoms with E-state index < -0.39 is 11.7 Å². The zero-order valence-electron chi connectivity index (χ0n) is 8.94. The smallest absolute Gasteiger partial charge is 0.134 e. The molecule has 15 heavy (non-hydrogen) atoms. The molecule has 1 aromatic rings. The summed E-state index contributed by atoms with van der Waals surface area (Å²) in [7, 11) is 1.51. The lowest BCUT2D eigenvalue weighted by Gasteiger charge is -2.21. The Kier molecular flexibility index (Phi) is 2.04. The van der Waals surface area contributed by atoms with Crippen LogP contribution < -0.4 is 9.47 Å². The van der Waals surface area contributed by atoms with Gasteiger partial charge >= 0.3 is 0 Å².